The summed E-state index contributed by atoms with van der Waals surface area (Å²) in [6.07, 6.45) is 1.83. The molecule has 4 N–H and O–H groups in total. The van der Waals surface area contributed by atoms with E-state index < -0.39 is 5.91 Å². The zero-order valence-corrected chi connectivity index (χ0v) is 12.9. The third-order valence-electron chi connectivity index (χ3n) is 3.82. The Morgan fingerprint density at radius 1 is 1.09 bits per heavy atom. The van der Waals surface area contributed by atoms with E-state index in [0.29, 0.717) is 11.3 Å². The maximum Gasteiger partial charge on any atom is 0.259 e. The van der Waals surface area contributed by atoms with Crippen LogP contribution >= 0.6 is 0 Å². The second-order valence-electron chi connectivity index (χ2n) is 5.82. The number of phenolic OH excluding ortho intramolecular Hbond substituents is 2. The molecule has 0 radical (unpaired) electrons. The van der Waals surface area contributed by atoms with Crippen LogP contribution in [0, 0.1) is 0 Å². The number of aromatic hydroxyl groups is 2. The van der Waals surface area contributed by atoms with Gasteiger partial charge < -0.3 is 20.5 Å². The van der Waals surface area contributed by atoms with Crippen molar-refractivity contribution in [3.63, 3.8) is 0 Å². The number of aromatic nitrogens is 1. The SMILES string of the molecule is CC(C)c1cc(C(=O)Nc2ccc3[nH]ccc3c2)c(O)cc1O. The number of nitrogens with one attached hydrogen (secondary N) is 2. The van der Waals surface area contributed by atoms with E-state index in [4.69, 9.17) is 0 Å². The Labute approximate surface area is 133 Å². The maximum absolute atomic E-state index is 12.4. The number of carbonyl (C=O) groups excluding carboxylic acids is 1. The van der Waals surface area contributed by atoms with Crippen molar-refractivity contribution in [2.45, 2.75) is 19.8 Å². The number of carbonyl (C=O) groups is 1. The lowest BCUT2D eigenvalue weighted by Gasteiger charge is -2.13. The molecule has 0 bridgehead atoms. The molecule has 0 aliphatic rings. The van der Waals surface area contributed by atoms with E-state index in [1.165, 1.54) is 12.1 Å². The zero-order valence-electron chi connectivity index (χ0n) is 12.9. The standard InChI is InChI=1S/C18H18N2O3/c1-10(2)13-8-14(17(22)9-16(13)21)18(23)20-12-3-4-15-11(7-12)5-6-19-15/h3-10,19,21-22H,1-2H3,(H,20,23). The van der Waals surface area contributed by atoms with Crippen LogP contribution in [0.2, 0.25) is 0 Å². The lowest BCUT2D eigenvalue weighted by Crippen LogP contribution is -2.12. The van der Waals surface area contributed by atoms with Gasteiger partial charge in [0.05, 0.1) is 5.56 Å². The van der Waals surface area contributed by atoms with Crippen molar-refractivity contribution in [3.05, 3.63) is 53.7 Å². The molecule has 0 saturated carbocycles. The Balaban J connectivity index is 1.92. The smallest absolute Gasteiger partial charge is 0.259 e. The number of anilines is 1. The minimum Gasteiger partial charge on any atom is -0.508 e. The predicted molar refractivity (Wildman–Crippen MR) is 90.1 cm³/mol. The number of aromatic amines is 1. The topological polar surface area (TPSA) is 85.4 Å². The largest absolute Gasteiger partial charge is 0.508 e. The number of phenols is 2. The third-order valence-corrected chi connectivity index (χ3v) is 3.82. The minimum atomic E-state index is -0.417. The summed E-state index contributed by atoms with van der Waals surface area (Å²) in [7, 11) is 0. The molecule has 5 nitrogen and oxygen atoms in total. The van der Waals surface area contributed by atoms with Crippen molar-refractivity contribution in [2.24, 2.45) is 0 Å². The first-order valence-corrected chi connectivity index (χ1v) is 7.40. The molecule has 3 rings (SSSR count). The zero-order chi connectivity index (χ0) is 16.6. The Bertz CT molecular complexity index is 881. The monoisotopic (exact) mass is 310 g/mol. The van der Waals surface area contributed by atoms with Gasteiger partial charge in [-0.05, 0) is 41.8 Å². The highest BCUT2D eigenvalue weighted by Crippen LogP contribution is 2.32. The average Bonchev–Trinajstić information content (AvgIpc) is 2.94. The van der Waals surface area contributed by atoms with Gasteiger partial charge in [-0.25, -0.2) is 0 Å². The highest BCUT2D eigenvalue weighted by Gasteiger charge is 2.17. The molecular weight excluding hydrogens is 292 g/mol. The Kier molecular flexibility index (Phi) is 3.70. The van der Waals surface area contributed by atoms with E-state index in [2.05, 4.69) is 10.3 Å². The minimum absolute atomic E-state index is 0.0113. The highest BCUT2D eigenvalue weighted by molar-refractivity contribution is 6.07. The Morgan fingerprint density at radius 3 is 2.61 bits per heavy atom. The van der Waals surface area contributed by atoms with Crippen LogP contribution in [0.5, 0.6) is 11.5 Å². The normalized spacial score (nSPS) is 11.1. The summed E-state index contributed by atoms with van der Waals surface area (Å²) in [5.41, 5.74) is 2.38. The van der Waals surface area contributed by atoms with Crippen LogP contribution in [0.4, 0.5) is 5.69 Å². The van der Waals surface area contributed by atoms with Gasteiger partial charge in [0.1, 0.15) is 11.5 Å². The number of amides is 1. The van der Waals surface area contributed by atoms with Crippen LogP contribution < -0.4 is 5.32 Å². The van der Waals surface area contributed by atoms with E-state index >= 15 is 0 Å². The van der Waals surface area contributed by atoms with Crippen molar-refractivity contribution < 1.29 is 15.0 Å². The molecule has 0 aliphatic carbocycles. The van der Waals surface area contributed by atoms with Gasteiger partial charge in [0.2, 0.25) is 0 Å². The van der Waals surface area contributed by atoms with Crippen LogP contribution in [-0.4, -0.2) is 21.1 Å². The van der Waals surface area contributed by atoms with Gasteiger partial charge in [-0.2, -0.15) is 0 Å². The van der Waals surface area contributed by atoms with Crippen molar-refractivity contribution in [1.82, 2.24) is 4.98 Å². The first-order chi connectivity index (χ1) is 11.0. The summed E-state index contributed by atoms with van der Waals surface area (Å²) in [5, 5.41) is 23.6. The lowest BCUT2D eigenvalue weighted by molar-refractivity contribution is 0.102. The van der Waals surface area contributed by atoms with E-state index in [1.807, 2.05) is 38.2 Å². The fourth-order valence-electron chi connectivity index (χ4n) is 2.57. The summed E-state index contributed by atoms with van der Waals surface area (Å²) in [6.45, 7) is 3.82. The summed E-state index contributed by atoms with van der Waals surface area (Å²) >= 11 is 0. The molecule has 3 aromatic rings. The van der Waals surface area contributed by atoms with Gasteiger partial charge in [-0.1, -0.05) is 13.8 Å². The Hall–Kier alpha value is -2.95. The van der Waals surface area contributed by atoms with Crippen molar-refractivity contribution in [1.29, 1.82) is 0 Å². The molecule has 0 fully saturated rings. The Morgan fingerprint density at radius 2 is 1.87 bits per heavy atom. The molecule has 23 heavy (non-hydrogen) atoms. The fraction of sp³-hybridized carbons (Fsp3) is 0.167. The van der Waals surface area contributed by atoms with Gasteiger partial charge in [0.25, 0.3) is 5.91 Å². The summed E-state index contributed by atoms with van der Waals surface area (Å²) < 4.78 is 0. The van der Waals surface area contributed by atoms with Gasteiger partial charge >= 0.3 is 0 Å². The van der Waals surface area contributed by atoms with Crippen LogP contribution in [0.25, 0.3) is 10.9 Å². The predicted octanol–water partition coefficient (Wildman–Crippen LogP) is 3.95. The molecule has 1 amide bonds. The number of hydrogen-bond acceptors (Lipinski definition) is 3. The van der Waals surface area contributed by atoms with Crippen LogP contribution in [0.15, 0.2) is 42.6 Å². The van der Waals surface area contributed by atoms with Gasteiger partial charge in [0.15, 0.2) is 0 Å². The molecule has 0 spiro atoms. The summed E-state index contributed by atoms with van der Waals surface area (Å²) in [6, 6.07) is 10.2. The number of rotatable bonds is 3. The van der Waals surface area contributed by atoms with E-state index in [0.717, 1.165) is 10.9 Å². The molecule has 5 heteroatoms. The summed E-state index contributed by atoms with van der Waals surface area (Å²) in [4.78, 5) is 15.5. The first kappa shape index (κ1) is 15.0. The second kappa shape index (κ2) is 5.68. The lowest BCUT2D eigenvalue weighted by atomic mass is 9.98. The molecule has 0 saturated heterocycles. The molecule has 1 heterocycles. The number of fused-ring (bicyclic) bond motifs is 1. The summed E-state index contributed by atoms with van der Waals surface area (Å²) in [5.74, 6) is -0.632. The van der Waals surface area contributed by atoms with Gasteiger partial charge in [0, 0.05) is 28.9 Å². The van der Waals surface area contributed by atoms with E-state index in [9.17, 15) is 15.0 Å². The third kappa shape index (κ3) is 2.85. The van der Waals surface area contributed by atoms with Crippen LogP contribution in [0.3, 0.4) is 0 Å². The molecule has 118 valence electrons. The fourth-order valence-corrected chi connectivity index (χ4v) is 2.57. The van der Waals surface area contributed by atoms with Crippen LogP contribution in [0.1, 0.15) is 35.7 Å². The first-order valence-electron chi connectivity index (χ1n) is 7.40. The number of H-pyrrole nitrogens is 1. The van der Waals surface area contributed by atoms with E-state index in [-0.39, 0.29) is 23.0 Å². The van der Waals surface area contributed by atoms with Gasteiger partial charge in [-0.15, -0.1) is 0 Å². The van der Waals surface area contributed by atoms with E-state index in [1.54, 1.807) is 6.07 Å². The second-order valence-corrected chi connectivity index (χ2v) is 5.82. The van der Waals surface area contributed by atoms with Crippen molar-refractivity contribution in [3.8, 4) is 11.5 Å². The maximum atomic E-state index is 12.4. The number of benzene rings is 2. The molecule has 0 atom stereocenters. The molecule has 1 aromatic heterocycles. The molecular formula is C18H18N2O3. The highest BCUT2D eigenvalue weighted by atomic mass is 16.3. The van der Waals surface area contributed by atoms with Crippen molar-refractivity contribution in [2.75, 3.05) is 5.32 Å². The molecule has 2 aromatic carbocycles. The molecule has 0 aliphatic heterocycles. The van der Waals surface area contributed by atoms with Gasteiger partial charge in [-0.3, -0.25) is 4.79 Å². The average molecular weight is 310 g/mol. The quantitative estimate of drug-likeness (QED) is 0.591. The number of hydrogen-bond donors (Lipinski definition) is 4. The molecule has 0 unspecified atom stereocenters. The van der Waals surface area contributed by atoms with Crippen LogP contribution in [-0.2, 0) is 0 Å². The van der Waals surface area contributed by atoms with Crippen molar-refractivity contribution >= 4 is 22.5 Å².